The van der Waals surface area contributed by atoms with Crippen LogP contribution in [0.15, 0.2) is 84.9 Å². The van der Waals surface area contributed by atoms with Gasteiger partial charge < -0.3 is 19.6 Å². The van der Waals surface area contributed by atoms with Gasteiger partial charge in [0, 0.05) is 42.9 Å². The molecule has 0 radical (unpaired) electrons. The van der Waals surface area contributed by atoms with Gasteiger partial charge >= 0.3 is 12.1 Å². The monoisotopic (exact) mass is 566 g/mol. The van der Waals surface area contributed by atoms with Gasteiger partial charge in [-0.2, -0.15) is 13.2 Å². The standard InChI is InChI=1S/C32H33F3N2O4/c33-32(34,35)27-14-12-24(13-15-27)29(38)36-18-7-19-37-20-16-23(17-21-37)28(22-37)41-30(39)31(40,25-8-3-1-4-9-25)26-10-5-2-6-11-26/h1-6,8-15,23,28H,7,16-22H2,(H,36,38). The maximum Gasteiger partial charge on any atom is 0.416 e. The largest absolute Gasteiger partial charge is 0.834 e. The first-order valence-electron chi connectivity index (χ1n) is 13.9. The third-order valence-corrected chi connectivity index (χ3v) is 8.52. The van der Waals surface area contributed by atoms with Crippen molar-refractivity contribution in [3.63, 3.8) is 0 Å². The minimum Gasteiger partial charge on any atom is -0.834 e. The number of nitrogens with one attached hydrogen (secondary N) is 1. The topological polar surface area (TPSA) is 78.5 Å². The predicted octanol–water partition coefficient (Wildman–Crippen LogP) is 4.28. The highest BCUT2D eigenvalue weighted by atomic mass is 19.4. The second-order valence-corrected chi connectivity index (χ2v) is 11.1. The van der Waals surface area contributed by atoms with Crippen molar-refractivity contribution < 1.29 is 37.1 Å². The Hall–Kier alpha value is -3.69. The average Bonchev–Trinajstić information content (AvgIpc) is 3.00. The van der Waals surface area contributed by atoms with Gasteiger partial charge in [-0.15, -0.1) is 0 Å². The fourth-order valence-corrected chi connectivity index (χ4v) is 6.17. The zero-order chi connectivity index (χ0) is 29.1. The van der Waals surface area contributed by atoms with E-state index in [1.54, 1.807) is 60.7 Å². The van der Waals surface area contributed by atoms with Gasteiger partial charge in [0.05, 0.1) is 25.2 Å². The van der Waals surface area contributed by atoms with Crippen molar-refractivity contribution in [3.8, 4) is 0 Å². The zero-order valence-corrected chi connectivity index (χ0v) is 22.6. The van der Waals surface area contributed by atoms with E-state index in [1.165, 1.54) is 12.1 Å². The SMILES string of the molecule is O=C(NCCC[N+]12CCC(CC1)C(OC(=O)C([O-])(c1ccccc1)c1ccccc1)C2)c1ccc(C(F)(F)F)cc1. The minimum atomic E-state index is -4.45. The maximum absolute atomic E-state index is 14.2. The van der Waals surface area contributed by atoms with Crippen molar-refractivity contribution in [2.24, 2.45) is 5.92 Å². The first-order chi connectivity index (χ1) is 19.6. The van der Waals surface area contributed by atoms with Crippen LogP contribution in [-0.4, -0.2) is 55.2 Å². The Bertz CT molecular complexity index is 1300. The minimum absolute atomic E-state index is 0.175. The van der Waals surface area contributed by atoms with Crippen molar-refractivity contribution >= 4 is 11.9 Å². The highest BCUT2D eigenvalue weighted by molar-refractivity contribution is 5.94. The van der Waals surface area contributed by atoms with Crippen LogP contribution in [-0.2, 0) is 21.3 Å². The fraction of sp³-hybridized carbons (Fsp3) is 0.375. The molecule has 0 aliphatic carbocycles. The van der Waals surface area contributed by atoms with Gasteiger partial charge in [-0.1, -0.05) is 60.7 Å². The summed E-state index contributed by atoms with van der Waals surface area (Å²) in [6.07, 6.45) is -2.38. The molecule has 6 nitrogen and oxygen atoms in total. The summed E-state index contributed by atoms with van der Waals surface area (Å²) in [5.74, 6) is -1.01. The molecule has 0 saturated carbocycles. The average molecular weight is 567 g/mol. The van der Waals surface area contributed by atoms with E-state index in [0.29, 0.717) is 30.6 Å². The molecule has 2 bridgehead atoms. The number of fused-ring (bicyclic) bond motifs is 3. The molecule has 41 heavy (non-hydrogen) atoms. The van der Waals surface area contributed by atoms with Crippen LogP contribution in [0.2, 0.25) is 0 Å². The molecule has 3 aromatic carbocycles. The number of halogens is 3. The number of nitrogens with zero attached hydrogens (tertiary/aromatic N) is 1. The Morgan fingerprint density at radius 2 is 1.41 bits per heavy atom. The Labute approximate surface area is 237 Å². The Balaban J connectivity index is 1.20. The number of amides is 1. The van der Waals surface area contributed by atoms with Crippen LogP contribution in [0.3, 0.4) is 0 Å². The molecule has 3 saturated heterocycles. The third-order valence-electron chi connectivity index (χ3n) is 8.52. The summed E-state index contributed by atoms with van der Waals surface area (Å²) < 4.78 is 45.1. The van der Waals surface area contributed by atoms with Gasteiger partial charge in [-0.05, 0) is 35.4 Å². The second kappa shape index (κ2) is 11.7. The van der Waals surface area contributed by atoms with Crippen LogP contribution in [0.4, 0.5) is 13.2 Å². The predicted molar refractivity (Wildman–Crippen MR) is 144 cm³/mol. The summed E-state index contributed by atoms with van der Waals surface area (Å²) in [7, 11) is 0. The van der Waals surface area contributed by atoms with Crippen LogP contribution < -0.4 is 10.4 Å². The molecule has 6 rings (SSSR count). The lowest BCUT2D eigenvalue weighted by Gasteiger charge is -2.53. The lowest BCUT2D eigenvalue weighted by Crippen LogP contribution is -2.65. The van der Waals surface area contributed by atoms with E-state index in [9.17, 15) is 27.9 Å². The molecule has 0 aromatic heterocycles. The van der Waals surface area contributed by atoms with Gasteiger partial charge in [0.15, 0.2) is 6.10 Å². The van der Waals surface area contributed by atoms with E-state index in [0.717, 1.165) is 49.1 Å². The van der Waals surface area contributed by atoms with Crippen LogP contribution in [0.1, 0.15) is 46.3 Å². The number of hydrogen-bond donors (Lipinski definition) is 1. The van der Waals surface area contributed by atoms with Crippen LogP contribution in [0, 0.1) is 5.92 Å². The number of ether oxygens (including phenoxy) is 1. The summed E-state index contributed by atoms with van der Waals surface area (Å²) in [6.45, 7) is 3.62. The number of esters is 1. The number of rotatable bonds is 9. The second-order valence-electron chi connectivity index (χ2n) is 11.1. The molecule has 1 atom stereocenters. The van der Waals surface area contributed by atoms with Crippen LogP contribution in [0.25, 0.3) is 0 Å². The summed E-state index contributed by atoms with van der Waals surface area (Å²) in [5.41, 5.74) is -2.12. The summed E-state index contributed by atoms with van der Waals surface area (Å²) in [5, 5.41) is 17.0. The summed E-state index contributed by atoms with van der Waals surface area (Å²) >= 11 is 0. The Kier molecular flexibility index (Phi) is 8.20. The molecule has 3 fully saturated rings. The highest BCUT2D eigenvalue weighted by Crippen LogP contribution is 2.37. The van der Waals surface area contributed by atoms with Crippen molar-refractivity contribution in [2.75, 3.05) is 32.7 Å². The number of quaternary nitrogens is 1. The number of piperidine rings is 3. The summed E-state index contributed by atoms with van der Waals surface area (Å²) in [4.78, 5) is 26.0. The molecular formula is C32H33F3N2O4. The van der Waals surface area contributed by atoms with Crippen molar-refractivity contribution in [3.05, 3.63) is 107 Å². The van der Waals surface area contributed by atoms with E-state index in [4.69, 9.17) is 4.74 Å². The molecule has 1 unspecified atom stereocenters. The molecule has 3 aliphatic heterocycles. The Morgan fingerprint density at radius 3 is 1.95 bits per heavy atom. The first kappa shape index (κ1) is 28.8. The van der Waals surface area contributed by atoms with Gasteiger partial charge in [-0.25, -0.2) is 0 Å². The molecule has 1 N–H and O–H groups in total. The summed E-state index contributed by atoms with van der Waals surface area (Å²) in [6, 6.07) is 21.3. The van der Waals surface area contributed by atoms with Gasteiger partial charge in [0.25, 0.3) is 5.91 Å². The number of benzene rings is 3. The van der Waals surface area contributed by atoms with E-state index in [2.05, 4.69) is 5.32 Å². The smallest absolute Gasteiger partial charge is 0.416 e. The van der Waals surface area contributed by atoms with Crippen LogP contribution in [0.5, 0.6) is 0 Å². The quantitative estimate of drug-likeness (QED) is 0.238. The van der Waals surface area contributed by atoms with E-state index in [1.807, 2.05) is 0 Å². The van der Waals surface area contributed by atoms with Crippen molar-refractivity contribution in [2.45, 2.75) is 37.1 Å². The number of carbonyl (C=O) groups is 2. The number of carbonyl (C=O) groups excluding carboxylic acids is 2. The van der Waals surface area contributed by atoms with Gasteiger partial charge in [0.2, 0.25) is 0 Å². The molecular weight excluding hydrogens is 533 g/mol. The zero-order valence-electron chi connectivity index (χ0n) is 22.6. The third kappa shape index (κ3) is 6.16. The molecule has 216 valence electrons. The molecule has 3 aromatic rings. The Morgan fingerprint density at radius 1 is 0.854 bits per heavy atom. The highest BCUT2D eigenvalue weighted by Gasteiger charge is 2.48. The molecule has 1 amide bonds. The number of hydrogen-bond acceptors (Lipinski definition) is 4. The van der Waals surface area contributed by atoms with Crippen LogP contribution >= 0.6 is 0 Å². The number of alkyl halides is 3. The van der Waals surface area contributed by atoms with E-state index >= 15 is 0 Å². The molecule has 9 heteroatoms. The van der Waals surface area contributed by atoms with E-state index < -0.39 is 29.2 Å². The fourth-order valence-electron chi connectivity index (χ4n) is 6.17. The van der Waals surface area contributed by atoms with E-state index in [-0.39, 0.29) is 17.6 Å². The van der Waals surface area contributed by atoms with Gasteiger partial charge in [0.1, 0.15) is 6.54 Å². The molecule has 0 spiro atoms. The maximum atomic E-state index is 14.2. The first-order valence-corrected chi connectivity index (χ1v) is 13.9. The molecule has 3 aliphatic rings. The normalized spacial score (nSPS) is 22.2. The van der Waals surface area contributed by atoms with Crippen molar-refractivity contribution in [1.29, 1.82) is 0 Å². The lowest BCUT2D eigenvalue weighted by atomic mass is 9.82. The molecule has 3 heterocycles. The van der Waals surface area contributed by atoms with Crippen molar-refractivity contribution in [1.82, 2.24) is 5.32 Å². The van der Waals surface area contributed by atoms with Gasteiger partial charge in [-0.3, -0.25) is 9.59 Å². The lowest BCUT2D eigenvalue weighted by molar-refractivity contribution is -0.946.